The van der Waals surface area contributed by atoms with E-state index in [-0.39, 0.29) is 6.04 Å². The van der Waals surface area contributed by atoms with E-state index < -0.39 is 30.4 Å². The van der Waals surface area contributed by atoms with Crippen molar-refractivity contribution >= 4 is 33.8 Å². The highest BCUT2D eigenvalue weighted by Gasteiger charge is 2.22. The molecular weight excluding hydrogens is 342 g/mol. The molecule has 7 nitrogen and oxygen atoms in total. The number of hydrogen-bond acceptors (Lipinski definition) is 3. The number of amides is 3. The fourth-order valence-corrected chi connectivity index (χ4v) is 1.90. The summed E-state index contributed by atoms with van der Waals surface area (Å²) < 4.78 is 0.912. The van der Waals surface area contributed by atoms with Gasteiger partial charge >= 0.3 is 12.0 Å². The molecule has 1 aromatic rings. The van der Waals surface area contributed by atoms with E-state index in [4.69, 9.17) is 10.8 Å². The number of carbonyl (C=O) groups is 3. The number of hydrogen-bond donors (Lipinski definition) is 4. The summed E-state index contributed by atoms with van der Waals surface area (Å²) in [6.45, 7) is 1.76. The van der Waals surface area contributed by atoms with Gasteiger partial charge in [0, 0.05) is 4.47 Å². The summed E-state index contributed by atoms with van der Waals surface area (Å²) in [6, 6.07) is 4.97. The number of carboxylic acid groups (broad SMARTS) is 1. The number of primary amides is 1. The molecule has 0 saturated heterocycles. The second-order valence-corrected chi connectivity index (χ2v) is 5.37. The summed E-state index contributed by atoms with van der Waals surface area (Å²) in [4.78, 5) is 33.4. The lowest BCUT2D eigenvalue weighted by atomic mass is 10.1. The number of rotatable bonds is 6. The van der Waals surface area contributed by atoms with E-state index in [1.165, 1.54) is 0 Å². The molecule has 1 aromatic carbocycles. The summed E-state index contributed by atoms with van der Waals surface area (Å²) >= 11 is 3.31. The van der Waals surface area contributed by atoms with Gasteiger partial charge in [0.05, 0.1) is 12.5 Å². The molecule has 0 saturated carbocycles. The van der Waals surface area contributed by atoms with Crippen LogP contribution in [0.3, 0.4) is 0 Å². The van der Waals surface area contributed by atoms with Gasteiger partial charge < -0.3 is 21.5 Å². The Morgan fingerprint density at radius 1 is 1.24 bits per heavy atom. The van der Waals surface area contributed by atoms with Crippen LogP contribution in [-0.2, 0) is 9.59 Å². The van der Waals surface area contributed by atoms with Gasteiger partial charge in [-0.05, 0) is 24.6 Å². The summed E-state index contributed by atoms with van der Waals surface area (Å²) in [6.07, 6.45) is -0.463. The molecule has 2 unspecified atom stereocenters. The molecule has 8 heteroatoms. The van der Waals surface area contributed by atoms with Gasteiger partial charge in [-0.2, -0.15) is 0 Å². The molecule has 0 spiro atoms. The van der Waals surface area contributed by atoms with Crippen molar-refractivity contribution in [3.8, 4) is 0 Å². The Labute approximate surface area is 130 Å². The maximum absolute atomic E-state index is 11.7. The second-order valence-electron chi connectivity index (χ2n) is 4.45. The molecule has 0 radical (unpaired) electrons. The van der Waals surface area contributed by atoms with E-state index in [2.05, 4.69) is 26.6 Å². The predicted octanol–water partition coefficient (Wildman–Crippen LogP) is 1.14. The van der Waals surface area contributed by atoms with Crippen LogP contribution in [0.25, 0.3) is 0 Å². The lowest BCUT2D eigenvalue weighted by Gasteiger charge is -2.18. The average molecular weight is 358 g/mol. The first kappa shape index (κ1) is 17.0. The van der Waals surface area contributed by atoms with Gasteiger partial charge in [0.2, 0.25) is 5.91 Å². The van der Waals surface area contributed by atoms with Gasteiger partial charge in [-0.15, -0.1) is 0 Å². The van der Waals surface area contributed by atoms with Crippen molar-refractivity contribution < 1.29 is 19.5 Å². The first-order valence-corrected chi connectivity index (χ1v) is 6.92. The predicted molar refractivity (Wildman–Crippen MR) is 79.5 cm³/mol. The maximum Gasteiger partial charge on any atom is 0.326 e. The van der Waals surface area contributed by atoms with Gasteiger partial charge in [-0.1, -0.05) is 28.1 Å². The molecule has 114 valence electrons. The van der Waals surface area contributed by atoms with Gasteiger partial charge in [0.15, 0.2) is 0 Å². The van der Waals surface area contributed by atoms with Gasteiger partial charge in [-0.3, -0.25) is 4.79 Å². The minimum Gasteiger partial charge on any atom is -0.480 e. The number of aliphatic carboxylic acids is 1. The summed E-state index contributed by atoms with van der Waals surface area (Å²) in [5, 5.41) is 13.7. The van der Waals surface area contributed by atoms with E-state index in [0.29, 0.717) is 0 Å². The molecule has 0 aliphatic carbocycles. The monoisotopic (exact) mass is 357 g/mol. The molecule has 21 heavy (non-hydrogen) atoms. The van der Waals surface area contributed by atoms with Crippen LogP contribution in [0.15, 0.2) is 28.7 Å². The maximum atomic E-state index is 11.7. The van der Waals surface area contributed by atoms with Gasteiger partial charge in [0.25, 0.3) is 0 Å². The van der Waals surface area contributed by atoms with Crippen LogP contribution in [0.2, 0.25) is 0 Å². The van der Waals surface area contributed by atoms with Crippen molar-refractivity contribution in [3.05, 3.63) is 34.3 Å². The number of benzene rings is 1. The molecule has 0 bridgehead atoms. The number of carboxylic acids is 1. The number of urea groups is 1. The van der Waals surface area contributed by atoms with Crippen LogP contribution < -0.4 is 16.4 Å². The minimum absolute atomic E-state index is 0.318. The van der Waals surface area contributed by atoms with E-state index in [1.807, 2.05) is 24.3 Å². The highest BCUT2D eigenvalue weighted by Crippen LogP contribution is 2.16. The molecule has 0 fully saturated rings. The molecule has 1 rings (SSSR count). The van der Waals surface area contributed by atoms with Crippen molar-refractivity contribution in [1.29, 1.82) is 0 Å². The van der Waals surface area contributed by atoms with Crippen LogP contribution >= 0.6 is 15.9 Å². The zero-order valence-electron chi connectivity index (χ0n) is 11.3. The third kappa shape index (κ3) is 5.82. The summed E-state index contributed by atoms with van der Waals surface area (Å²) in [7, 11) is 0. The second kappa shape index (κ2) is 7.63. The zero-order valence-corrected chi connectivity index (χ0v) is 12.9. The third-order valence-corrected chi connectivity index (χ3v) is 3.26. The topological polar surface area (TPSA) is 122 Å². The fourth-order valence-electron chi connectivity index (χ4n) is 1.63. The summed E-state index contributed by atoms with van der Waals surface area (Å²) in [5.74, 6) is -2.12. The van der Waals surface area contributed by atoms with E-state index in [1.54, 1.807) is 6.92 Å². The van der Waals surface area contributed by atoms with Crippen LogP contribution in [-0.4, -0.2) is 29.1 Å². The van der Waals surface area contributed by atoms with Crippen molar-refractivity contribution in [2.24, 2.45) is 5.73 Å². The molecule has 0 aromatic heterocycles. The molecule has 3 amide bonds. The van der Waals surface area contributed by atoms with E-state index >= 15 is 0 Å². The molecular formula is C13H16BrN3O4. The fraction of sp³-hybridized carbons (Fsp3) is 0.308. The number of carbonyl (C=O) groups excluding carboxylic acids is 2. The molecule has 0 aliphatic rings. The van der Waals surface area contributed by atoms with Crippen molar-refractivity contribution in [1.82, 2.24) is 10.6 Å². The Kier molecular flexibility index (Phi) is 6.16. The smallest absolute Gasteiger partial charge is 0.326 e. The standard InChI is InChI=1S/C13H16BrN3O4/c1-7(8-2-4-9(14)5-3-8)16-13(21)17-10(12(19)20)6-11(15)18/h2-5,7,10H,6H2,1H3,(H2,15,18)(H,19,20)(H2,16,17,21). The van der Waals surface area contributed by atoms with Crippen molar-refractivity contribution in [3.63, 3.8) is 0 Å². The minimum atomic E-state index is -1.35. The van der Waals surface area contributed by atoms with Crippen LogP contribution in [0, 0.1) is 0 Å². The van der Waals surface area contributed by atoms with Crippen LogP contribution in [0.1, 0.15) is 24.9 Å². The third-order valence-electron chi connectivity index (χ3n) is 2.73. The molecule has 0 heterocycles. The Morgan fingerprint density at radius 3 is 2.29 bits per heavy atom. The SMILES string of the molecule is CC(NC(=O)NC(CC(N)=O)C(=O)O)c1ccc(Br)cc1. The lowest BCUT2D eigenvalue weighted by Crippen LogP contribution is -2.48. The Hall–Kier alpha value is -2.09. The van der Waals surface area contributed by atoms with Crippen molar-refractivity contribution in [2.45, 2.75) is 25.4 Å². The molecule has 2 atom stereocenters. The molecule has 5 N–H and O–H groups in total. The zero-order chi connectivity index (χ0) is 16.0. The average Bonchev–Trinajstić information content (AvgIpc) is 2.37. The summed E-state index contributed by atoms with van der Waals surface area (Å²) in [5.41, 5.74) is 5.79. The van der Waals surface area contributed by atoms with Crippen LogP contribution in [0.4, 0.5) is 4.79 Å². The highest BCUT2D eigenvalue weighted by atomic mass is 79.9. The quantitative estimate of drug-likeness (QED) is 0.609. The number of halogens is 1. The lowest BCUT2D eigenvalue weighted by molar-refractivity contribution is -0.140. The van der Waals surface area contributed by atoms with Crippen LogP contribution in [0.5, 0.6) is 0 Å². The number of nitrogens with one attached hydrogen (secondary N) is 2. The van der Waals surface area contributed by atoms with Gasteiger partial charge in [-0.25, -0.2) is 9.59 Å². The van der Waals surface area contributed by atoms with E-state index in [0.717, 1.165) is 10.0 Å². The van der Waals surface area contributed by atoms with Gasteiger partial charge in [0.1, 0.15) is 6.04 Å². The number of nitrogens with two attached hydrogens (primary N) is 1. The Bertz CT molecular complexity index is 533. The molecule has 0 aliphatic heterocycles. The first-order valence-electron chi connectivity index (χ1n) is 6.13. The Morgan fingerprint density at radius 2 is 1.81 bits per heavy atom. The Balaban J connectivity index is 2.61. The van der Waals surface area contributed by atoms with E-state index in [9.17, 15) is 14.4 Å². The van der Waals surface area contributed by atoms with Crippen molar-refractivity contribution in [2.75, 3.05) is 0 Å². The normalized spacial score (nSPS) is 13.0. The first-order chi connectivity index (χ1) is 9.79. The highest BCUT2D eigenvalue weighted by molar-refractivity contribution is 9.10. The largest absolute Gasteiger partial charge is 0.480 e.